The van der Waals surface area contributed by atoms with E-state index in [2.05, 4.69) is 0 Å². The van der Waals surface area contributed by atoms with Crippen molar-refractivity contribution >= 4 is 5.78 Å². The summed E-state index contributed by atoms with van der Waals surface area (Å²) >= 11 is 0. The molecule has 0 unspecified atom stereocenters. The van der Waals surface area contributed by atoms with E-state index in [4.69, 9.17) is 0 Å². The predicted octanol–water partition coefficient (Wildman–Crippen LogP) is 3.27. The van der Waals surface area contributed by atoms with Gasteiger partial charge in [0.25, 0.3) is 0 Å². The Morgan fingerprint density at radius 2 is 2.05 bits per heavy atom. The molecule has 0 spiro atoms. The molecule has 0 N–H and O–H groups in total. The van der Waals surface area contributed by atoms with E-state index in [-0.39, 0.29) is 23.9 Å². The minimum absolute atomic E-state index is 0.147. The van der Waals surface area contributed by atoms with Gasteiger partial charge in [0.2, 0.25) is 0 Å². The predicted molar refractivity (Wildman–Crippen MR) is 70.1 cm³/mol. The number of Topliss-reactive ketones (excluding diaryl/α,β-unsaturated/α-hetero) is 1. The molecule has 1 aliphatic rings. The lowest BCUT2D eigenvalue weighted by Gasteiger charge is -2.25. The summed E-state index contributed by atoms with van der Waals surface area (Å²) in [7, 11) is 0. The van der Waals surface area contributed by atoms with Crippen LogP contribution < -0.4 is 0 Å². The van der Waals surface area contributed by atoms with Crippen LogP contribution in [0.4, 0.5) is 8.78 Å². The molecule has 1 aromatic carbocycles. The van der Waals surface area contributed by atoms with Crippen LogP contribution in [-0.4, -0.2) is 29.8 Å². The van der Waals surface area contributed by atoms with Gasteiger partial charge in [-0.1, -0.05) is 0 Å². The van der Waals surface area contributed by atoms with Crippen LogP contribution in [-0.2, 0) is 0 Å². The summed E-state index contributed by atoms with van der Waals surface area (Å²) in [6.45, 7) is 5.03. The van der Waals surface area contributed by atoms with E-state index in [1.807, 2.05) is 18.7 Å². The molecule has 0 amide bonds. The van der Waals surface area contributed by atoms with Gasteiger partial charge in [0.05, 0.1) is 12.1 Å². The van der Waals surface area contributed by atoms with Gasteiger partial charge in [-0.2, -0.15) is 0 Å². The second-order valence-electron chi connectivity index (χ2n) is 5.51. The summed E-state index contributed by atoms with van der Waals surface area (Å²) in [5.74, 6) is -0.927. The van der Waals surface area contributed by atoms with Gasteiger partial charge in [0, 0.05) is 12.6 Å². The average molecular weight is 267 g/mol. The fourth-order valence-electron chi connectivity index (χ4n) is 2.07. The summed E-state index contributed by atoms with van der Waals surface area (Å²) < 4.78 is 26.6. The first-order chi connectivity index (χ1) is 8.97. The van der Waals surface area contributed by atoms with Crippen LogP contribution in [0.25, 0.3) is 0 Å². The summed E-state index contributed by atoms with van der Waals surface area (Å²) in [5.41, 5.74) is -0.151. The number of halogens is 2. The molecule has 0 heterocycles. The summed E-state index contributed by atoms with van der Waals surface area (Å²) in [6, 6.07) is 3.23. The molecule has 0 aliphatic heterocycles. The first-order valence-corrected chi connectivity index (χ1v) is 6.69. The van der Waals surface area contributed by atoms with Crippen molar-refractivity contribution in [2.45, 2.75) is 32.7 Å². The minimum Gasteiger partial charge on any atom is -0.293 e. The standard InChI is InChI=1S/C15H19F2NO/c1-10(2)18(8-11-3-4-11)9-15(19)13-7-12(16)5-6-14(13)17/h5-7,10-11H,3-4,8-9H2,1-2H3. The lowest BCUT2D eigenvalue weighted by molar-refractivity contribution is 0.0896. The fourth-order valence-corrected chi connectivity index (χ4v) is 2.07. The number of carbonyl (C=O) groups excluding carboxylic acids is 1. The highest BCUT2D eigenvalue weighted by molar-refractivity contribution is 5.97. The number of nitrogens with zero attached hydrogens (tertiary/aromatic N) is 1. The van der Waals surface area contributed by atoms with Crippen molar-refractivity contribution in [1.82, 2.24) is 4.90 Å². The topological polar surface area (TPSA) is 20.3 Å². The third-order valence-corrected chi connectivity index (χ3v) is 3.50. The van der Waals surface area contributed by atoms with Crippen LogP contribution in [0.5, 0.6) is 0 Å². The first kappa shape index (κ1) is 14.1. The van der Waals surface area contributed by atoms with E-state index < -0.39 is 11.6 Å². The van der Waals surface area contributed by atoms with Crippen molar-refractivity contribution in [1.29, 1.82) is 0 Å². The molecule has 0 bridgehead atoms. The lowest BCUT2D eigenvalue weighted by Crippen LogP contribution is -2.37. The number of hydrogen-bond donors (Lipinski definition) is 0. The fraction of sp³-hybridized carbons (Fsp3) is 0.533. The zero-order valence-electron chi connectivity index (χ0n) is 11.3. The Morgan fingerprint density at radius 3 is 2.63 bits per heavy atom. The number of ketones is 1. The largest absolute Gasteiger partial charge is 0.293 e. The monoisotopic (exact) mass is 267 g/mol. The molecule has 1 fully saturated rings. The second kappa shape index (κ2) is 5.78. The van der Waals surface area contributed by atoms with E-state index in [9.17, 15) is 13.6 Å². The Labute approximate surface area is 112 Å². The molecule has 4 heteroatoms. The van der Waals surface area contributed by atoms with Crippen LogP contribution in [0, 0.1) is 17.6 Å². The summed E-state index contributed by atoms with van der Waals surface area (Å²) in [5, 5.41) is 0. The van der Waals surface area contributed by atoms with Gasteiger partial charge in [0.15, 0.2) is 5.78 Å². The molecule has 2 rings (SSSR count). The van der Waals surface area contributed by atoms with Crippen LogP contribution in [0.3, 0.4) is 0 Å². The maximum atomic E-state index is 13.5. The Balaban J connectivity index is 2.07. The number of carbonyl (C=O) groups is 1. The number of benzene rings is 1. The highest BCUT2D eigenvalue weighted by Crippen LogP contribution is 2.30. The van der Waals surface area contributed by atoms with Gasteiger partial charge in [-0.25, -0.2) is 8.78 Å². The molecule has 0 radical (unpaired) electrons. The van der Waals surface area contributed by atoms with Crippen molar-refractivity contribution in [2.75, 3.05) is 13.1 Å². The maximum absolute atomic E-state index is 13.5. The molecule has 19 heavy (non-hydrogen) atoms. The third kappa shape index (κ3) is 3.83. The molecule has 1 aromatic rings. The Bertz CT molecular complexity index is 469. The smallest absolute Gasteiger partial charge is 0.179 e. The minimum atomic E-state index is -0.651. The molecule has 2 nitrogen and oxygen atoms in total. The molecule has 1 saturated carbocycles. The number of hydrogen-bond acceptors (Lipinski definition) is 2. The third-order valence-electron chi connectivity index (χ3n) is 3.50. The molecule has 0 aromatic heterocycles. The van der Waals surface area contributed by atoms with Crippen molar-refractivity contribution in [2.24, 2.45) is 5.92 Å². The molecular weight excluding hydrogens is 248 g/mol. The Kier molecular flexibility index (Phi) is 4.30. The van der Waals surface area contributed by atoms with Crippen LogP contribution in [0.2, 0.25) is 0 Å². The molecule has 1 aliphatic carbocycles. The van der Waals surface area contributed by atoms with E-state index >= 15 is 0 Å². The van der Waals surface area contributed by atoms with Crippen molar-refractivity contribution < 1.29 is 13.6 Å². The highest BCUT2D eigenvalue weighted by atomic mass is 19.1. The van der Waals surface area contributed by atoms with Crippen molar-refractivity contribution in [3.8, 4) is 0 Å². The molecule has 0 saturated heterocycles. The second-order valence-corrected chi connectivity index (χ2v) is 5.51. The van der Waals surface area contributed by atoms with Gasteiger partial charge in [0.1, 0.15) is 11.6 Å². The Morgan fingerprint density at radius 1 is 1.37 bits per heavy atom. The average Bonchev–Trinajstić information content (AvgIpc) is 3.15. The maximum Gasteiger partial charge on any atom is 0.179 e. The van der Waals surface area contributed by atoms with Gasteiger partial charge in [-0.3, -0.25) is 9.69 Å². The summed E-state index contributed by atoms with van der Waals surface area (Å²) in [4.78, 5) is 14.1. The van der Waals surface area contributed by atoms with Crippen LogP contribution in [0.1, 0.15) is 37.0 Å². The zero-order valence-corrected chi connectivity index (χ0v) is 11.3. The first-order valence-electron chi connectivity index (χ1n) is 6.69. The molecule has 0 atom stereocenters. The van der Waals surface area contributed by atoms with Gasteiger partial charge < -0.3 is 0 Å². The van der Waals surface area contributed by atoms with Crippen LogP contribution in [0.15, 0.2) is 18.2 Å². The van der Waals surface area contributed by atoms with E-state index in [0.29, 0.717) is 5.92 Å². The van der Waals surface area contributed by atoms with Crippen LogP contribution >= 0.6 is 0 Å². The van der Waals surface area contributed by atoms with Crippen molar-refractivity contribution in [3.05, 3.63) is 35.4 Å². The Hall–Kier alpha value is -1.29. The van der Waals surface area contributed by atoms with Crippen molar-refractivity contribution in [3.63, 3.8) is 0 Å². The normalized spacial score (nSPS) is 15.3. The van der Waals surface area contributed by atoms with E-state index in [1.54, 1.807) is 0 Å². The van der Waals surface area contributed by atoms with Gasteiger partial charge in [-0.15, -0.1) is 0 Å². The molecule has 104 valence electrons. The summed E-state index contributed by atoms with van der Waals surface area (Å²) in [6.07, 6.45) is 2.40. The lowest BCUT2D eigenvalue weighted by atomic mass is 10.1. The SMILES string of the molecule is CC(C)N(CC(=O)c1cc(F)ccc1F)CC1CC1. The van der Waals surface area contributed by atoms with Gasteiger partial charge >= 0.3 is 0 Å². The van der Waals surface area contributed by atoms with Gasteiger partial charge in [-0.05, 0) is 50.8 Å². The van der Waals surface area contributed by atoms with E-state index in [0.717, 1.165) is 24.7 Å². The highest BCUT2D eigenvalue weighted by Gasteiger charge is 2.27. The quantitative estimate of drug-likeness (QED) is 0.737. The molecular formula is C15H19F2NO. The van der Waals surface area contributed by atoms with E-state index in [1.165, 1.54) is 12.8 Å². The number of rotatable bonds is 6. The zero-order chi connectivity index (χ0) is 14.0.